The van der Waals surface area contributed by atoms with Crippen LogP contribution in [0.1, 0.15) is 43.2 Å². The first kappa shape index (κ1) is 15.3. The van der Waals surface area contributed by atoms with Gasteiger partial charge < -0.3 is 10.1 Å². The Morgan fingerprint density at radius 3 is 2.90 bits per heavy atom. The number of hydrogen-bond donors (Lipinski definition) is 1. The zero-order chi connectivity index (χ0) is 15.0. The highest BCUT2D eigenvalue weighted by Crippen LogP contribution is 2.42. The predicted molar refractivity (Wildman–Crippen MR) is 91.3 cm³/mol. The molecule has 1 aromatic carbocycles. The van der Waals surface area contributed by atoms with Gasteiger partial charge >= 0.3 is 5.97 Å². The molecule has 0 spiro atoms. The molecule has 0 aliphatic carbocycles. The van der Waals surface area contributed by atoms with Gasteiger partial charge in [0.25, 0.3) is 0 Å². The van der Waals surface area contributed by atoms with Gasteiger partial charge in [-0.15, -0.1) is 0 Å². The van der Waals surface area contributed by atoms with Gasteiger partial charge in [0.1, 0.15) is 0 Å². The summed E-state index contributed by atoms with van der Waals surface area (Å²) in [5, 5.41) is 3.59. The summed E-state index contributed by atoms with van der Waals surface area (Å²) in [5.74, 6) is 0.181. The van der Waals surface area contributed by atoms with E-state index in [1.165, 1.54) is 28.2 Å². The first-order chi connectivity index (χ1) is 10.1. The van der Waals surface area contributed by atoms with Crippen molar-refractivity contribution in [3.05, 3.63) is 32.9 Å². The molecule has 114 valence electrons. The second kappa shape index (κ2) is 6.24. The van der Waals surface area contributed by atoms with E-state index in [1.54, 1.807) is 0 Å². The van der Waals surface area contributed by atoms with Crippen LogP contribution in [-0.4, -0.2) is 25.2 Å². The first-order valence-electron chi connectivity index (χ1n) is 7.76. The van der Waals surface area contributed by atoms with Crippen molar-refractivity contribution < 1.29 is 9.53 Å². The van der Waals surface area contributed by atoms with Crippen LogP contribution in [0.15, 0.2) is 18.2 Å². The number of esters is 1. The highest BCUT2D eigenvalue weighted by atomic mass is 127. The first-order valence-corrected chi connectivity index (χ1v) is 8.84. The Balaban J connectivity index is 1.94. The maximum atomic E-state index is 12.3. The lowest BCUT2D eigenvalue weighted by Crippen LogP contribution is -2.48. The molecule has 0 amide bonds. The lowest BCUT2D eigenvalue weighted by Gasteiger charge is -2.36. The Kier molecular flexibility index (Phi) is 4.54. The molecule has 4 heteroatoms. The third-order valence-corrected chi connectivity index (χ3v) is 6.05. The molecular weight excluding hydrogens is 377 g/mol. The zero-order valence-corrected chi connectivity index (χ0v) is 14.7. The van der Waals surface area contributed by atoms with Gasteiger partial charge in [-0.25, -0.2) is 0 Å². The standard InChI is InChI=1S/C17H22INO2/c1-3-10-4-5-11(8-14(10)18)13-9-12-6-7-15(19-12)16(13)17(20)21-2/h4-5,8,12-13,15-16,19H,3,6-7,9H2,1-2H3/t12-,13-,15?,16?/m1/s1. The summed E-state index contributed by atoms with van der Waals surface area (Å²) in [6, 6.07) is 7.54. The number of carbonyl (C=O) groups excluding carboxylic acids is 1. The summed E-state index contributed by atoms with van der Waals surface area (Å²) in [7, 11) is 1.50. The summed E-state index contributed by atoms with van der Waals surface area (Å²) in [6.07, 6.45) is 4.36. The van der Waals surface area contributed by atoms with Crippen molar-refractivity contribution in [2.24, 2.45) is 5.92 Å². The molecule has 2 fully saturated rings. The second-order valence-corrected chi connectivity index (χ2v) is 7.31. The Labute approximate surface area is 140 Å². The van der Waals surface area contributed by atoms with E-state index in [1.807, 2.05) is 0 Å². The lowest BCUT2D eigenvalue weighted by atomic mass is 9.77. The normalized spacial score (nSPS) is 31.2. The maximum Gasteiger partial charge on any atom is 0.310 e. The van der Waals surface area contributed by atoms with E-state index in [2.05, 4.69) is 53.0 Å². The fourth-order valence-electron chi connectivity index (χ4n) is 3.94. The van der Waals surface area contributed by atoms with Gasteiger partial charge in [0.15, 0.2) is 0 Å². The number of fused-ring (bicyclic) bond motifs is 2. The van der Waals surface area contributed by atoms with Crippen LogP contribution in [-0.2, 0) is 16.0 Å². The molecule has 3 rings (SSSR count). The molecule has 2 unspecified atom stereocenters. The van der Waals surface area contributed by atoms with Gasteiger partial charge in [-0.1, -0.05) is 19.1 Å². The van der Waals surface area contributed by atoms with Crippen molar-refractivity contribution in [3.8, 4) is 0 Å². The van der Waals surface area contributed by atoms with E-state index in [9.17, 15) is 4.79 Å². The van der Waals surface area contributed by atoms with Gasteiger partial charge in [-0.3, -0.25) is 4.79 Å². The van der Waals surface area contributed by atoms with Gasteiger partial charge in [-0.2, -0.15) is 0 Å². The number of benzene rings is 1. The van der Waals surface area contributed by atoms with Crippen molar-refractivity contribution >= 4 is 28.6 Å². The van der Waals surface area contributed by atoms with E-state index in [4.69, 9.17) is 4.74 Å². The zero-order valence-electron chi connectivity index (χ0n) is 12.6. The monoisotopic (exact) mass is 399 g/mol. The van der Waals surface area contributed by atoms with E-state index < -0.39 is 0 Å². The van der Waals surface area contributed by atoms with Crippen LogP contribution in [0.4, 0.5) is 0 Å². The van der Waals surface area contributed by atoms with Crippen LogP contribution < -0.4 is 5.32 Å². The van der Waals surface area contributed by atoms with Crippen molar-refractivity contribution in [1.29, 1.82) is 0 Å². The maximum absolute atomic E-state index is 12.3. The van der Waals surface area contributed by atoms with Crippen LogP contribution in [0, 0.1) is 9.49 Å². The smallest absolute Gasteiger partial charge is 0.310 e. The Morgan fingerprint density at radius 1 is 1.43 bits per heavy atom. The molecule has 3 nitrogen and oxygen atoms in total. The molecule has 1 N–H and O–H groups in total. The molecule has 2 aliphatic rings. The fraction of sp³-hybridized carbons (Fsp3) is 0.588. The molecule has 0 saturated carbocycles. The second-order valence-electron chi connectivity index (χ2n) is 6.14. The van der Waals surface area contributed by atoms with Gasteiger partial charge in [0.05, 0.1) is 13.0 Å². The number of halogens is 1. The van der Waals surface area contributed by atoms with Gasteiger partial charge in [-0.05, 0) is 65.5 Å². The van der Waals surface area contributed by atoms with Crippen molar-refractivity contribution in [2.75, 3.05) is 7.11 Å². The highest BCUT2D eigenvalue weighted by molar-refractivity contribution is 14.1. The Hall–Kier alpha value is -0.620. The van der Waals surface area contributed by atoms with Crippen LogP contribution in [0.5, 0.6) is 0 Å². The van der Waals surface area contributed by atoms with Crippen molar-refractivity contribution in [2.45, 2.75) is 50.6 Å². The molecular formula is C17H22INO2. The summed E-state index contributed by atoms with van der Waals surface area (Å²) < 4.78 is 6.39. The number of carbonyl (C=O) groups is 1. The van der Waals surface area contributed by atoms with Gasteiger partial charge in [0.2, 0.25) is 0 Å². The number of rotatable bonds is 3. The molecule has 4 atom stereocenters. The third-order valence-electron chi connectivity index (χ3n) is 5.04. The molecule has 21 heavy (non-hydrogen) atoms. The molecule has 2 aliphatic heterocycles. The average molecular weight is 399 g/mol. The van der Waals surface area contributed by atoms with Crippen LogP contribution >= 0.6 is 22.6 Å². The summed E-state index contributed by atoms with van der Waals surface area (Å²) in [4.78, 5) is 12.3. The largest absolute Gasteiger partial charge is 0.469 e. The molecule has 2 bridgehead atoms. The number of methoxy groups -OCH3 is 1. The molecule has 0 radical (unpaired) electrons. The van der Waals surface area contributed by atoms with Crippen LogP contribution in [0.25, 0.3) is 0 Å². The minimum Gasteiger partial charge on any atom is -0.469 e. The van der Waals surface area contributed by atoms with Crippen LogP contribution in [0.3, 0.4) is 0 Å². The fourth-order valence-corrected chi connectivity index (χ4v) is 4.86. The number of ether oxygens (including phenoxy) is 1. The van der Waals surface area contributed by atoms with E-state index in [0.717, 1.165) is 19.3 Å². The van der Waals surface area contributed by atoms with E-state index >= 15 is 0 Å². The topological polar surface area (TPSA) is 38.3 Å². The van der Waals surface area contributed by atoms with Crippen molar-refractivity contribution in [3.63, 3.8) is 0 Å². The number of piperidine rings is 1. The number of hydrogen-bond acceptors (Lipinski definition) is 3. The summed E-state index contributed by atoms with van der Waals surface area (Å²) >= 11 is 2.41. The predicted octanol–water partition coefficient (Wildman–Crippen LogP) is 3.25. The quantitative estimate of drug-likeness (QED) is 0.627. The third kappa shape index (κ3) is 2.84. The SMILES string of the molecule is CCc1ccc([C@H]2C[C@H]3CCC(N3)C2C(=O)OC)cc1I. The highest BCUT2D eigenvalue weighted by Gasteiger charge is 2.46. The Bertz CT molecular complexity index is 546. The average Bonchev–Trinajstić information content (AvgIpc) is 2.87. The number of aryl methyl sites for hydroxylation is 1. The lowest BCUT2D eigenvalue weighted by molar-refractivity contribution is -0.148. The van der Waals surface area contributed by atoms with E-state index in [-0.39, 0.29) is 23.8 Å². The van der Waals surface area contributed by atoms with E-state index in [0.29, 0.717) is 6.04 Å². The van der Waals surface area contributed by atoms with Crippen LogP contribution in [0.2, 0.25) is 0 Å². The van der Waals surface area contributed by atoms with Crippen molar-refractivity contribution in [1.82, 2.24) is 5.32 Å². The summed E-state index contributed by atoms with van der Waals surface area (Å²) in [6.45, 7) is 2.18. The molecule has 2 heterocycles. The molecule has 1 aromatic rings. The van der Waals surface area contributed by atoms with Gasteiger partial charge in [0, 0.05) is 21.6 Å². The Morgan fingerprint density at radius 2 is 2.24 bits per heavy atom. The number of nitrogens with one attached hydrogen (secondary N) is 1. The summed E-state index contributed by atoms with van der Waals surface area (Å²) in [5.41, 5.74) is 2.68. The molecule has 0 aromatic heterocycles. The minimum absolute atomic E-state index is 0.0444. The molecule has 2 saturated heterocycles. The minimum atomic E-state index is -0.0626.